The maximum Gasteiger partial charge on any atom is 0.329 e. The van der Waals surface area contributed by atoms with E-state index in [-0.39, 0.29) is 41.9 Å². The number of ether oxygens (including phenoxy) is 1. The molecule has 2 N–H and O–H groups in total. The second-order valence-corrected chi connectivity index (χ2v) is 16.8. The molecule has 1 atom stereocenters. The van der Waals surface area contributed by atoms with Gasteiger partial charge in [0.15, 0.2) is 5.78 Å². The van der Waals surface area contributed by atoms with Crippen molar-refractivity contribution in [2.24, 2.45) is 5.41 Å². The van der Waals surface area contributed by atoms with Gasteiger partial charge in [-0.25, -0.2) is 9.69 Å². The van der Waals surface area contributed by atoms with Crippen molar-refractivity contribution in [1.29, 1.82) is 0 Å². The second-order valence-electron chi connectivity index (χ2n) is 16.3. The number of nitrogens with zero attached hydrogens (tertiary/aromatic N) is 2. The summed E-state index contributed by atoms with van der Waals surface area (Å²) in [6.07, 6.45) is 2.62. The molecule has 0 bridgehead atoms. The first-order valence-electron chi connectivity index (χ1n) is 18.6. The number of ketones is 1. The fourth-order valence-electron chi connectivity index (χ4n) is 6.11. The van der Waals surface area contributed by atoms with E-state index in [0.29, 0.717) is 23.6 Å². The number of carbonyl (C=O) groups excluding carboxylic acids is 5. The number of Topliss-reactive ketones (excluding diaryl/α,β-unsaturated/α-hetero) is 1. The van der Waals surface area contributed by atoms with E-state index in [2.05, 4.69) is 64.3 Å². The number of urea groups is 1. The molecular weight excluding hydrogens is 704 g/mol. The molecule has 10 nitrogen and oxygen atoms in total. The van der Waals surface area contributed by atoms with Crippen molar-refractivity contribution in [3.8, 4) is 5.75 Å². The van der Waals surface area contributed by atoms with Gasteiger partial charge in [0.05, 0.1) is 6.61 Å². The van der Waals surface area contributed by atoms with Gasteiger partial charge in [-0.3, -0.25) is 19.2 Å². The lowest BCUT2D eigenvalue weighted by Crippen LogP contribution is -2.63. The number of rotatable bonds is 16. The molecule has 3 aromatic carbocycles. The highest BCUT2D eigenvalue weighted by Gasteiger charge is 2.60. The van der Waals surface area contributed by atoms with E-state index in [4.69, 9.17) is 16.3 Å². The maximum atomic E-state index is 13.9. The lowest BCUT2D eigenvalue weighted by Gasteiger charge is -2.36. The minimum Gasteiger partial charge on any atom is -0.493 e. The monoisotopic (exact) mass is 758 g/mol. The Morgan fingerprint density at radius 3 is 2.04 bits per heavy atom. The van der Waals surface area contributed by atoms with Crippen LogP contribution in [0.25, 0.3) is 0 Å². The number of anilines is 2. The van der Waals surface area contributed by atoms with Gasteiger partial charge >= 0.3 is 6.03 Å². The first-order chi connectivity index (χ1) is 25.2. The van der Waals surface area contributed by atoms with E-state index >= 15 is 0 Å². The summed E-state index contributed by atoms with van der Waals surface area (Å²) in [5, 5.41) is 5.46. The zero-order valence-electron chi connectivity index (χ0n) is 33.1. The highest BCUT2D eigenvalue weighted by Crippen LogP contribution is 2.39. The van der Waals surface area contributed by atoms with Gasteiger partial charge in [0, 0.05) is 35.3 Å². The Balaban J connectivity index is 1.43. The van der Waals surface area contributed by atoms with Crippen LogP contribution in [0.4, 0.5) is 16.2 Å². The molecule has 5 amide bonds. The number of carbonyl (C=O) groups is 5. The predicted molar refractivity (Wildman–Crippen MR) is 214 cm³/mol. The van der Waals surface area contributed by atoms with Crippen molar-refractivity contribution in [2.45, 2.75) is 110 Å². The SMILES string of the molecule is CCC(C)(C)c1ccc(OCCCC(=O)Nc2cccc(NC(=O)C(Cl)(C(=O)C(C)(C)C)N3C(=O)CN(Cc4ccccc4)C3=O)c2)c(C(C)(C)CC)c1. The summed E-state index contributed by atoms with van der Waals surface area (Å²) in [4.78, 5) is 66.8. The van der Waals surface area contributed by atoms with Crippen LogP contribution in [0.1, 0.15) is 105 Å². The Morgan fingerprint density at radius 2 is 1.43 bits per heavy atom. The van der Waals surface area contributed by atoms with E-state index in [0.717, 1.165) is 29.7 Å². The van der Waals surface area contributed by atoms with Crippen LogP contribution in [0.5, 0.6) is 5.75 Å². The maximum absolute atomic E-state index is 13.9. The van der Waals surface area contributed by atoms with E-state index in [9.17, 15) is 24.0 Å². The molecule has 1 heterocycles. The van der Waals surface area contributed by atoms with Crippen molar-refractivity contribution < 1.29 is 28.7 Å². The van der Waals surface area contributed by atoms with Crippen LogP contribution in [0, 0.1) is 5.41 Å². The normalized spacial score (nSPS) is 14.9. The fraction of sp³-hybridized carbons (Fsp3) is 0.465. The number of halogens is 1. The molecule has 4 rings (SSSR count). The lowest BCUT2D eigenvalue weighted by molar-refractivity contribution is -0.145. The number of hydrogen-bond acceptors (Lipinski definition) is 6. The quantitative estimate of drug-likeness (QED) is 0.0495. The number of hydrogen-bond donors (Lipinski definition) is 2. The summed E-state index contributed by atoms with van der Waals surface area (Å²) >= 11 is 6.87. The molecule has 0 aromatic heterocycles. The van der Waals surface area contributed by atoms with Crippen molar-refractivity contribution in [3.05, 3.63) is 89.5 Å². The van der Waals surface area contributed by atoms with Crippen LogP contribution in [0.3, 0.4) is 0 Å². The van der Waals surface area contributed by atoms with E-state index in [1.807, 2.05) is 12.1 Å². The summed E-state index contributed by atoms with van der Waals surface area (Å²) in [5.41, 5.74) is 2.55. The van der Waals surface area contributed by atoms with Gasteiger partial charge in [-0.2, -0.15) is 0 Å². The van der Waals surface area contributed by atoms with Gasteiger partial charge in [-0.05, 0) is 65.5 Å². The number of benzene rings is 3. The standard InChI is InChI=1S/C43H55ClN4O6/c1-10-41(6,7)30-22-23-34(33(25-30)42(8,9)11-2)54-24-16-21-35(49)45-31-19-15-20-32(26-31)46-38(52)43(44,37(51)40(3,4)5)48-36(50)28-47(39(48)53)27-29-17-13-12-14-18-29/h12-15,17-20,22-23,25-26H,10-11,16,21,24,27-28H2,1-9H3,(H,45,49)(H,46,52). The second kappa shape index (κ2) is 16.8. The highest BCUT2D eigenvalue weighted by molar-refractivity contribution is 6.50. The highest BCUT2D eigenvalue weighted by atomic mass is 35.5. The molecule has 290 valence electrons. The zero-order valence-corrected chi connectivity index (χ0v) is 33.9. The predicted octanol–water partition coefficient (Wildman–Crippen LogP) is 8.81. The van der Waals surface area contributed by atoms with Crippen LogP contribution < -0.4 is 15.4 Å². The molecule has 1 unspecified atom stereocenters. The van der Waals surface area contributed by atoms with E-state index in [1.165, 1.54) is 16.5 Å². The van der Waals surface area contributed by atoms with Crippen molar-refractivity contribution in [1.82, 2.24) is 9.80 Å². The van der Waals surface area contributed by atoms with Crippen LogP contribution in [-0.4, -0.2) is 57.5 Å². The molecule has 54 heavy (non-hydrogen) atoms. The van der Waals surface area contributed by atoms with Crippen molar-refractivity contribution >= 4 is 52.5 Å². The molecule has 0 saturated carbocycles. The average molecular weight is 759 g/mol. The van der Waals surface area contributed by atoms with E-state index in [1.54, 1.807) is 63.2 Å². The van der Waals surface area contributed by atoms with Gasteiger partial charge in [0.1, 0.15) is 12.3 Å². The molecule has 1 aliphatic heterocycles. The Morgan fingerprint density at radius 1 is 0.796 bits per heavy atom. The summed E-state index contributed by atoms with van der Waals surface area (Å²) < 4.78 is 6.24. The molecule has 1 fully saturated rings. The van der Waals surface area contributed by atoms with Gasteiger partial charge in [0.2, 0.25) is 5.91 Å². The van der Waals surface area contributed by atoms with Gasteiger partial charge in [-0.15, -0.1) is 0 Å². The number of alkyl halides is 1. The minimum atomic E-state index is -2.67. The van der Waals surface area contributed by atoms with Crippen LogP contribution in [-0.2, 0) is 36.6 Å². The third kappa shape index (κ3) is 9.50. The first-order valence-corrected chi connectivity index (χ1v) is 19.0. The third-order valence-corrected chi connectivity index (χ3v) is 10.8. The summed E-state index contributed by atoms with van der Waals surface area (Å²) in [6.45, 7) is 18.0. The van der Waals surface area contributed by atoms with Crippen molar-refractivity contribution in [2.75, 3.05) is 23.8 Å². The number of nitrogens with one attached hydrogen (secondary N) is 2. The largest absolute Gasteiger partial charge is 0.493 e. The molecule has 3 aromatic rings. The molecule has 11 heteroatoms. The Kier molecular flexibility index (Phi) is 13.0. The lowest BCUT2D eigenvalue weighted by atomic mass is 9.76. The van der Waals surface area contributed by atoms with Crippen LogP contribution in [0.15, 0.2) is 72.8 Å². The smallest absolute Gasteiger partial charge is 0.329 e. The molecular formula is C43H55ClN4O6. The zero-order chi connectivity index (χ0) is 40.1. The topological polar surface area (TPSA) is 125 Å². The van der Waals surface area contributed by atoms with Crippen LogP contribution >= 0.6 is 11.6 Å². The van der Waals surface area contributed by atoms with Crippen molar-refractivity contribution in [3.63, 3.8) is 0 Å². The molecule has 1 saturated heterocycles. The number of imide groups is 1. The molecule has 1 aliphatic rings. The Hall–Kier alpha value is -4.70. The summed E-state index contributed by atoms with van der Waals surface area (Å²) in [5.74, 6) is -2.09. The Bertz CT molecular complexity index is 1870. The first kappa shape index (κ1) is 42.0. The average Bonchev–Trinajstić information content (AvgIpc) is 3.41. The van der Waals surface area contributed by atoms with Gasteiger partial charge < -0.3 is 20.3 Å². The number of amides is 5. The van der Waals surface area contributed by atoms with Gasteiger partial charge in [0.25, 0.3) is 16.8 Å². The summed E-state index contributed by atoms with van der Waals surface area (Å²) in [7, 11) is 0. The van der Waals surface area contributed by atoms with E-state index < -0.39 is 34.0 Å². The molecule has 0 spiro atoms. The van der Waals surface area contributed by atoms with Crippen LogP contribution in [0.2, 0.25) is 0 Å². The molecule has 0 aliphatic carbocycles. The summed E-state index contributed by atoms with van der Waals surface area (Å²) in [6, 6.07) is 21.0. The third-order valence-electron chi connectivity index (χ3n) is 10.3. The minimum absolute atomic E-state index is 0.0445. The Labute approximate surface area is 325 Å². The fourth-order valence-corrected chi connectivity index (χ4v) is 6.61. The van der Waals surface area contributed by atoms with Gasteiger partial charge in [-0.1, -0.05) is 122 Å². The molecule has 0 radical (unpaired) electrons.